The fourth-order valence-corrected chi connectivity index (χ4v) is 2.09. The van der Waals surface area contributed by atoms with E-state index in [0.717, 1.165) is 16.8 Å². The van der Waals surface area contributed by atoms with E-state index < -0.39 is 5.97 Å². The van der Waals surface area contributed by atoms with Crippen molar-refractivity contribution in [2.75, 3.05) is 0 Å². The number of benzene rings is 1. The van der Waals surface area contributed by atoms with Crippen molar-refractivity contribution in [2.24, 2.45) is 13.0 Å². The molecule has 0 fully saturated rings. The van der Waals surface area contributed by atoms with Gasteiger partial charge in [0.25, 0.3) is 0 Å². The van der Waals surface area contributed by atoms with Gasteiger partial charge in [0.1, 0.15) is 5.69 Å². The van der Waals surface area contributed by atoms with Crippen LogP contribution in [0.1, 0.15) is 18.9 Å². The number of aryl methyl sites for hydroxylation is 1. The third kappa shape index (κ3) is 2.99. The summed E-state index contributed by atoms with van der Waals surface area (Å²) in [6.07, 6.45) is 2.82. The first kappa shape index (κ1) is 13.3. The molecule has 0 saturated carbocycles. The Morgan fingerprint density at radius 2 is 2.16 bits per heavy atom. The van der Waals surface area contributed by atoms with Gasteiger partial charge in [-0.3, -0.25) is 4.79 Å². The topological polar surface area (TPSA) is 68.0 Å². The Bertz CT molecular complexity index is 578. The molecular weight excluding hydrogens is 242 g/mol. The van der Waals surface area contributed by atoms with Crippen molar-refractivity contribution in [2.45, 2.75) is 19.8 Å². The summed E-state index contributed by atoms with van der Waals surface area (Å²) < 4.78 is 0. The smallest absolute Gasteiger partial charge is 0.306 e. The molecule has 0 aliphatic heterocycles. The highest BCUT2D eigenvalue weighted by atomic mass is 16.4. The molecule has 1 unspecified atom stereocenters. The molecule has 1 aromatic heterocycles. The second kappa shape index (κ2) is 5.65. The van der Waals surface area contributed by atoms with Crippen molar-refractivity contribution in [1.29, 1.82) is 0 Å². The van der Waals surface area contributed by atoms with Crippen LogP contribution in [-0.4, -0.2) is 26.1 Å². The van der Waals surface area contributed by atoms with Crippen LogP contribution in [0.25, 0.3) is 11.3 Å². The maximum absolute atomic E-state index is 11.2. The van der Waals surface area contributed by atoms with Crippen LogP contribution in [0.15, 0.2) is 30.5 Å². The normalized spacial score (nSPS) is 12.3. The third-order valence-electron chi connectivity index (χ3n) is 3.20. The first-order chi connectivity index (χ1) is 9.11. The molecule has 2 aromatic rings. The maximum Gasteiger partial charge on any atom is 0.306 e. The third-order valence-corrected chi connectivity index (χ3v) is 3.20. The van der Waals surface area contributed by atoms with E-state index in [9.17, 15) is 4.79 Å². The van der Waals surface area contributed by atoms with Gasteiger partial charge in [0.2, 0.25) is 0 Å². The summed E-state index contributed by atoms with van der Waals surface area (Å²) in [6.45, 7) is 1.89. The van der Waals surface area contributed by atoms with E-state index in [1.54, 1.807) is 13.2 Å². The molecule has 0 saturated heterocycles. The standard InChI is InChI=1S/C14H17N3O2/c1-3-10(14(18)19)8-11-6-4-5-7-12(11)13-9-15-17(2)16-13/h4-7,9-10H,3,8H2,1-2H3,(H,18,19). The highest BCUT2D eigenvalue weighted by Gasteiger charge is 2.18. The van der Waals surface area contributed by atoms with Crippen LogP contribution < -0.4 is 0 Å². The monoisotopic (exact) mass is 259 g/mol. The van der Waals surface area contributed by atoms with Crippen LogP contribution in [0.3, 0.4) is 0 Å². The van der Waals surface area contributed by atoms with E-state index in [4.69, 9.17) is 5.11 Å². The Balaban J connectivity index is 2.33. The van der Waals surface area contributed by atoms with Crippen molar-refractivity contribution < 1.29 is 9.90 Å². The molecule has 0 bridgehead atoms. The lowest BCUT2D eigenvalue weighted by atomic mass is 9.93. The Kier molecular flexibility index (Phi) is 3.94. The predicted octanol–water partition coefficient (Wildman–Crippen LogP) is 2.14. The molecule has 1 N–H and O–H groups in total. The number of hydrogen-bond donors (Lipinski definition) is 1. The van der Waals surface area contributed by atoms with E-state index in [1.165, 1.54) is 4.80 Å². The fourth-order valence-electron chi connectivity index (χ4n) is 2.09. The number of rotatable bonds is 5. The lowest BCUT2D eigenvalue weighted by Crippen LogP contribution is -2.15. The number of carbonyl (C=O) groups is 1. The van der Waals surface area contributed by atoms with Crippen LogP contribution in [0, 0.1) is 5.92 Å². The molecule has 19 heavy (non-hydrogen) atoms. The van der Waals surface area contributed by atoms with Gasteiger partial charge < -0.3 is 5.11 Å². The second-order valence-electron chi connectivity index (χ2n) is 4.52. The molecule has 0 spiro atoms. The van der Waals surface area contributed by atoms with Crippen LogP contribution in [-0.2, 0) is 18.3 Å². The predicted molar refractivity (Wildman–Crippen MR) is 71.6 cm³/mol. The molecule has 100 valence electrons. The molecule has 2 rings (SSSR count). The summed E-state index contributed by atoms with van der Waals surface area (Å²) in [7, 11) is 1.76. The molecule has 1 heterocycles. The number of aliphatic carboxylic acids is 1. The molecule has 5 nitrogen and oxygen atoms in total. The highest BCUT2D eigenvalue weighted by molar-refractivity contribution is 5.71. The summed E-state index contributed by atoms with van der Waals surface area (Å²) in [6, 6.07) is 7.75. The van der Waals surface area contributed by atoms with E-state index in [1.807, 2.05) is 31.2 Å². The first-order valence-electron chi connectivity index (χ1n) is 6.29. The second-order valence-corrected chi connectivity index (χ2v) is 4.52. The number of hydrogen-bond acceptors (Lipinski definition) is 3. The summed E-state index contributed by atoms with van der Waals surface area (Å²) in [4.78, 5) is 12.7. The van der Waals surface area contributed by atoms with Crippen LogP contribution in [0.2, 0.25) is 0 Å². The van der Waals surface area contributed by atoms with Gasteiger partial charge in [0.05, 0.1) is 12.1 Å². The fraction of sp³-hybridized carbons (Fsp3) is 0.357. The average molecular weight is 259 g/mol. The summed E-state index contributed by atoms with van der Waals surface area (Å²) >= 11 is 0. The SMILES string of the molecule is CCC(Cc1ccccc1-c1cnn(C)n1)C(=O)O. The van der Waals surface area contributed by atoms with E-state index in [-0.39, 0.29) is 5.92 Å². The number of carboxylic acids is 1. The Labute approximate surface area is 111 Å². The number of carboxylic acid groups (broad SMARTS) is 1. The van der Waals surface area contributed by atoms with Gasteiger partial charge in [-0.05, 0) is 18.4 Å². The molecular formula is C14H17N3O2. The van der Waals surface area contributed by atoms with Crippen molar-refractivity contribution >= 4 is 5.97 Å². The maximum atomic E-state index is 11.2. The van der Waals surface area contributed by atoms with Gasteiger partial charge in [-0.1, -0.05) is 31.2 Å². The number of aromatic nitrogens is 3. The lowest BCUT2D eigenvalue weighted by Gasteiger charge is -2.12. The zero-order valence-electron chi connectivity index (χ0n) is 11.1. The van der Waals surface area contributed by atoms with Gasteiger partial charge >= 0.3 is 5.97 Å². The largest absolute Gasteiger partial charge is 0.481 e. The van der Waals surface area contributed by atoms with Crippen LogP contribution >= 0.6 is 0 Å². The summed E-state index contributed by atoms with van der Waals surface area (Å²) in [5, 5.41) is 17.5. The molecule has 1 aromatic carbocycles. The van der Waals surface area contributed by atoms with Crippen LogP contribution in [0.4, 0.5) is 0 Å². The molecule has 5 heteroatoms. The van der Waals surface area contributed by atoms with Crippen molar-refractivity contribution in [3.63, 3.8) is 0 Å². The van der Waals surface area contributed by atoms with E-state index in [0.29, 0.717) is 12.8 Å². The summed E-state index contributed by atoms with van der Waals surface area (Å²) in [5.41, 5.74) is 2.73. The van der Waals surface area contributed by atoms with Gasteiger partial charge in [-0.25, -0.2) is 0 Å². The molecule has 0 aliphatic carbocycles. The molecule has 0 aliphatic rings. The first-order valence-corrected chi connectivity index (χ1v) is 6.29. The summed E-state index contributed by atoms with van der Waals surface area (Å²) in [5.74, 6) is -1.12. The Morgan fingerprint density at radius 3 is 2.74 bits per heavy atom. The average Bonchev–Trinajstić information content (AvgIpc) is 2.82. The van der Waals surface area contributed by atoms with E-state index in [2.05, 4.69) is 10.2 Å². The Hall–Kier alpha value is -2.17. The minimum absolute atomic E-state index is 0.363. The van der Waals surface area contributed by atoms with Gasteiger partial charge in [0, 0.05) is 12.6 Å². The minimum Gasteiger partial charge on any atom is -0.481 e. The minimum atomic E-state index is -0.753. The lowest BCUT2D eigenvalue weighted by molar-refractivity contribution is -0.141. The highest BCUT2D eigenvalue weighted by Crippen LogP contribution is 2.24. The zero-order chi connectivity index (χ0) is 13.8. The number of nitrogens with zero attached hydrogens (tertiary/aromatic N) is 3. The van der Waals surface area contributed by atoms with Gasteiger partial charge in [-0.15, -0.1) is 0 Å². The van der Waals surface area contributed by atoms with Gasteiger partial charge in [-0.2, -0.15) is 15.0 Å². The van der Waals surface area contributed by atoms with Crippen molar-refractivity contribution in [3.8, 4) is 11.3 Å². The van der Waals surface area contributed by atoms with Crippen LogP contribution in [0.5, 0.6) is 0 Å². The molecule has 0 radical (unpaired) electrons. The zero-order valence-corrected chi connectivity index (χ0v) is 11.1. The molecule has 1 atom stereocenters. The Morgan fingerprint density at radius 1 is 1.42 bits per heavy atom. The van der Waals surface area contributed by atoms with E-state index >= 15 is 0 Å². The quantitative estimate of drug-likeness (QED) is 0.893. The van der Waals surface area contributed by atoms with Crippen molar-refractivity contribution in [1.82, 2.24) is 15.0 Å². The van der Waals surface area contributed by atoms with Gasteiger partial charge in [0.15, 0.2) is 0 Å². The van der Waals surface area contributed by atoms with Crippen molar-refractivity contribution in [3.05, 3.63) is 36.0 Å². The molecule has 0 amide bonds.